The first-order chi connectivity index (χ1) is 12.7. The summed E-state index contributed by atoms with van der Waals surface area (Å²) in [5.41, 5.74) is 2.68. The molecule has 1 saturated heterocycles. The van der Waals surface area contributed by atoms with Gasteiger partial charge in [0.2, 0.25) is 5.91 Å². The topological polar surface area (TPSA) is 23.6 Å². The molecule has 0 spiro atoms. The molecule has 3 nitrogen and oxygen atoms in total. The summed E-state index contributed by atoms with van der Waals surface area (Å²) in [6, 6.07) is 21.1. The number of amides is 1. The summed E-state index contributed by atoms with van der Waals surface area (Å²) in [6.45, 7) is 6.19. The minimum absolute atomic E-state index is 0.279. The molecule has 26 heavy (non-hydrogen) atoms. The van der Waals surface area contributed by atoms with Gasteiger partial charge in [-0.05, 0) is 42.9 Å². The van der Waals surface area contributed by atoms with Crippen molar-refractivity contribution < 1.29 is 4.79 Å². The summed E-state index contributed by atoms with van der Waals surface area (Å²) in [4.78, 5) is 17.0. The molecule has 0 unspecified atom stereocenters. The molecular formula is C23H30N2O. The standard InChI is InChI=1S/C23H30N2O/c1-2-24(18-22-11-7-4-8-12-22)19-23(26)25-15-13-21(14-16-25)17-20-9-5-3-6-10-20/h3-12,21H,2,13-19H2,1H3. The number of carbonyl (C=O) groups is 1. The average Bonchev–Trinajstić information content (AvgIpc) is 2.69. The number of likely N-dealkylation sites (tertiary alicyclic amines) is 1. The van der Waals surface area contributed by atoms with E-state index in [1.807, 2.05) is 6.07 Å². The molecule has 2 aromatic rings. The van der Waals surface area contributed by atoms with Gasteiger partial charge in [0.1, 0.15) is 0 Å². The van der Waals surface area contributed by atoms with Crippen LogP contribution in [-0.2, 0) is 17.8 Å². The zero-order valence-electron chi connectivity index (χ0n) is 15.8. The van der Waals surface area contributed by atoms with Crippen molar-refractivity contribution in [1.82, 2.24) is 9.80 Å². The Hall–Kier alpha value is -2.13. The van der Waals surface area contributed by atoms with Gasteiger partial charge in [0.25, 0.3) is 0 Å². The number of benzene rings is 2. The molecule has 3 rings (SSSR count). The number of piperidine rings is 1. The number of rotatable bonds is 7. The molecule has 0 aromatic heterocycles. The fourth-order valence-electron chi connectivity index (χ4n) is 3.75. The van der Waals surface area contributed by atoms with Crippen LogP contribution in [0.15, 0.2) is 60.7 Å². The number of hydrogen-bond donors (Lipinski definition) is 0. The molecule has 0 bridgehead atoms. The second-order valence-electron chi connectivity index (χ2n) is 7.30. The normalized spacial score (nSPS) is 15.4. The maximum absolute atomic E-state index is 12.7. The smallest absolute Gasteiger partial charge is 0.236 e. The highest BCUT2D eigenvalue weighted by molar-refractivity contribution is 5.78. The fourth-order valence-corrected chi connectivity index (χ4v) is 3.75. The predicted molar refractivity (Wildman–Crippen MR) is 107 cm³/mol. The van der Waals surface area contributed by atoms with Gasteiger partial charge in [0, 0.05) is 19.6 Å². The van der Waals surface area contributed by atoms with Crippen molar-refractivity contribution in [3.8, 4) is 0 Å². The Morgan fingerprint density at radius 1 is 0.962 bits per heavy atom. The second-order valence-corrected chi connectivity index (χ2v) is 7.30. The zero-order valence-corrected chi connectivity index (χ0v) is 15.8. The van der Waals surface area contributed by atoms with Crippen molar-refractivity contribution in [2.75, 3.05) is 26.2 Å². The van der Waals surface area contributed by atoms with E-state index in [0.717, 1.165) is 45.4 Å². The molecule has 1 aliphatic rings. The highest BCUT2D eigenvalue weighted by atomic mass is 16.2. The molecule has 0 aliphatic carbocycles. The second kappa shape index (κ2) is 9.54. The Balaban J connectivity index is 1.45. The van der Waals surface area contributed by atoms with E-state index in [2.05, 4.69) is 71.3 Å². The van der Waals surface area contributed by atoms with Crippen molar-refractivity contribution >= 4 is 5.91 Å². The van der Waals surface area contributed by atoms with E-state index in [4.69, 9.17) is 0 Å². The molecule has 0 saturated carbocycles. The third kappa shape index (κ3) is 5.43. The van der Waals surface area contributed by atoms with Crippen LogP contribution in [0, 0.1) is 5.92 Å². The number of likely N-dealkylation sites (N-methyl/N-ethyl adjacent to an activating group) is 1. The lowest BCUT2D eigenvalue weighted by molar-refractivity contribution is -0.133. The first-order valence-electron chi connectivity index (χ1n) is 9.82. The Bertz CT molecular complexity index is 663. The molecule has 1 amide bonds. The maximum Gasteiger partial charge on any atom is 0.236 e. The van der Waals surface area contributed by atoms with Gasteiger partial charge in [0.15, 0.2) is 0 Å². The largest absolute Gasteiger partial charge is 0.342 e. The molecule has 0 N–H and O–H groups in total. The Morgan fingerprint density at radius 3 is 2.12 bits per heavy atom. The van der Waals surface area contributed by atoms with Gasteiger partial charge in [-0.2, -0.15) is 0 Å². The van der Waals surface area contributed by atoms with Gasteiger partial charge < -0.3 is 4.90 Å². The molecule has 1 aliphatic heterocycles. The van der Waals surface area contributed by atoms with Crippen molar-refractivity contribution in [3.63, 3.8) is 0 Å². The van der Waals surface area contributed by atoms with E-state index in [-0.39, 0.29) is 5.91 Å². The zero-order chi connectivity index (χ0) is 18.2. The van der Waals surface area contributed by atoms with Crippen molar-refractivity contribution in [2.45, 2.75) is 32.7 Å². The summed E-state index contributed by atoms with van der Waals surface area (Å²) in [5.74, 6) is 0.981. The number of hydrogen-bond acceptors (Lipinski definition) is 2. The van der Waals surface area contributed by atoms with Crippen LogP contribution in [0.25, 0.3) is 0 Å². The van der Waals surface area contributed by atoms with E-state index < -0.39 is 0 Å². The number of nitrogens with zero attached hydrogens (tertiary/aromatic N) is 2. The third-order valence-electron chi connectivity index (χ3n) is 5.39. The van der Waals surface area contributed by atoms with Crippen LogP contribution < -0.4 is 0 Å². The molecule has 1 heterocycles. The Morgan fingerprint density at radius 2 is 1.54 bits per heavy atom. The van der Waals surface area contributed by atoms with E-state index >= 15 is 0 Å². The average molecular weight is 351 g/mol. The maximum atomic E-state index is 12.7. The van der Waals surface area contributed by atoms with Crippen molar-refractivity contribution in [1.29, 1.82) is 0 Å². The van der Waals surface area contributed by atoms with Gasteiger partial charge >= 0.3 is 0 Å². The van der Waals surface area contributed by atoms with Crippen LogP contribution in [-0.4, -0.2) is 41.9 Å². The van der Waals surface area contributed by atoms with Crippen LogP contribution >= 0.6 is 0 Å². The van der Waals surface area contributed by atoms with Gasteiger partial charge in [-0.1, -0.05) is 67.6 Å². The predicted octanol–water partition coefficient (Wildman–Crippen LogP) is 3.99. The van der Waals surface area contributed by atoms with Crippen LogP contribution in [0.5, 0.6) is 0 Å². The molecule has 2 aromatic carbocycles. The summed E-state index contributed by atoms with van der Waals surface area (Å²) in [5, 5.41) is 0. The van der Waals surface area contributed by atoms with Crippen LogP contribution in [0.2, 0.25) is 0 Å². The molecule has 3 heteroatoms. The van der Waals surface area contributed by atoms with Gasteiger partial charge in [-0.3, -0.25) is 9.69 Å². The summed E-state index contributed by atoms with van der Waals surface area (Å²) in [7, 11) is 0. The Labute approximate surface area is 157 Å². The SMILES string of the molecule is CCN(CC(=O)N1CCC(Cc2ccccc2)CC1)Cc1ccccc1. The lowest BCUT2D eigenvalue weighted by Crippen LogP contribution is -2.44. The van der Waals surface area contributed by atoms with Crippen LogP contribution in [0.3, 0.4) is 0 Å². The fraction of sp³-hybridized carbons (Fsp3) is 0.435. The van der Waals surface area contributed by atoms with E-state index in [1.54, 1.807) is 0 Å². The van der Waals surface area contributed by atoms with Crippen molar-refractivity contribution in [2.24, 2.45) is 5.92 Å². The van der Waals surface area contributed by atoms with E-state index in [9.17, 15) is 4.79 Å². The first-order valence-corrected chi connectivity index (χ1v) is 9.82. The van der Waals surface area contributed by atoms with Crippen LogP contribution in [0.4, 0.5) is 0 Å². The first kappa shape index (κ1) is 18.7. The van der Waals surface area contributed by atoms with E-state index in [0.29, 0.717) is 12.5 Å². The highest BCUT2D eigenvalue weighted by Gasteiger charge is 2.24. The third-order valence-corrected chi connectivity index (χ3v) is 5.39. The van der Waals surface area contributed by atoms with Crippen LogP contribution in [0.1, 0.15) is 30.9 Å². The molecule has 0 atom stereocenters. The number of carbonyl (C=O) groups excluding carboxylic acids is 1. The lowest BCUT2D eigenvalue weighted by atomic mass is 9.90. The van der Waals surface area contributed by atoms with E-state index in [1.165, 1.54) is 11.1 Å². The van der Waals surface area contributed by atoms with Gasteiger partial charge in [0.05, 0.1) is 6.54 Å². The Kier molecular flexibility index (Phi) is 6.84. The quantitative estimate of drug-likeness (QED) is 0.754. The summed E-state index contributed by atoms with van der Waals surface area (Å²) in [6.07, 6.45) is 3.37. The minimum Gasteiger partial charge on any atom is -0.342 e. The minimum atomic E-state index is 0.279. The lowest BCUT2D eigenvalue weighted by Gasteiger charge is -2.33. The highest BCUT2D eigenvalue weighted by Crippen LogP contribution is 2.22. The molecule has 1 fully saturated rings. The molecule has 138 valence electrons. The van der Waals surface area contributed by atoms with Crippen molar-refractivity contribution in [3.05, 3.63) is 71.8 Å². The summed E-state index contributed by atoms with van der Waals surface area (Å²) >= 11 is 0. The molecule has 0 radical (unpaired) electrons. The molecular weight excluding hydrogens is 320 g/mol. The van der Waals surface area contributed by atoms with Gasteiger partial charge in [-0.15, -0.1) is 0 Å². The summed E-state index contributed by atoms with van der Waals surface area (Å²) < 4.78 is 0. The monoisotopic (exact) mass is 350 g/mol. The van der Waals surface area contributed by atoms with Gasteiger partial charge in [-0.25, -0.2) is 0 Å².